The lowest BCUT2D eigenvalue weighted by atomic mass is 9.84. The topological polar surface area (TPSA) is 163 Å². The van der Waals surface area contributed by atoms with Crippen LogP contribution in [-0.4, -0.2) is 126 Å². The van der Waals surface area contributed by atoms with Crippen LogP contribution < -0.4 is 16.1 Å². The standard InChI is InChI=1S/C45H63N9O6S/c1-9-53-37-15-14-31(23-33(37)34(25-45(5,6)27-60-28-55)41(53)32-13-12-16-47-39(32)30(4)59-8)36-26-61-38(49-36)24-35(43(57)54-20-11-10-17-48-54)50-42(56)40(29(2)3)51(7)44(58)52-21-18-46-19-22-52/h12-16,23,26,28-30,35,40,46,48H,9-11,17-22,24-25,27H2,1-8H3,(H,50,56). The van der Waals surface area contributed by atoms with E-state index >= 15 is 0 Å². The Balaban J connectivity index is 1.35. The van der Waals surface area contributed by atoms with E-state index in [-0.39, 0.29) is 42.9 Å². The van der Waals surface area contributed by atoms with Crippen LogP contribution in [0.15, 0.2) is 41.9 Å². The van der Waals surface area contributed by atoms with E-state index in [1.54, 1.807) is 30.3 Å². The Morgan fingerprint density at radius 1 is 1.08 bits per heavy atom. The second kappa shape index (κ2) is 20.3. The van der Waals surface area contributed by atoms with Gasteiger partial charge in [-0.15, -0.1) is 11.3 Å². The number of piperazine rings is 1. The molecule has 2 saturated heterocycles. The minimum absolute atomic E-state index is 0.184. The number of urea groups is 1. The summed E-state index contributed by atoms with van der Waals surface area (Å²) in [5, 5.41) is 11.7. The number of rotatable bonds is 17. The fourth-order valence-electron chi connectivity index (χ4n) is 8.60. The van der Waals surface area contributed by atoms with Crippen molar-refractivity contribution in [3.05, 3.63) is 58.2 Å². The van der Waals surface area contributed by atoms with Gasteiger partial charge < -0.3 is 34.5 Å². The van der Waals surface area contributed by atoms with Gasteiger partial charge in [-0.1, -0.05) is 33.8 Å². The van der Waals surface area contributed by atoms with Crippen molar-refractivity contribution in [2.75, 3.05) is 60.0 Å². The molecule has 2 aliphatic heterocycles. The molecule has 0 saturated carbocycles. The first kappa shape index (κ1) is 45.6. The van der Waals surface area contributed by atoms with Crippen LogP contribution in [0.1, 0.15) is 76.8 Å². The van der Waals surface area contributed by atoms with Gasteiger partial charge in [0.25, 0.3) is 12.4 Å². The Hall–Kier alpha value is -4.90. The van der Waals surface area contributed by atoms with Crippen molar-refractivity contribution in [2.24, 2.45) is 11.3 Å². The molecule has 61 heavy (non-hydrogen) atoms. The molecule has 1 aromatic carbocycles. The van der Waals surface area contributed by atoms with Crippen LogP contribution in [-0.2, 0) is 43.2 Å². The summed E-state index contributed by atoms with van der Waals surface area (Å²) in [4.78, 5) is 66.3. The molecule has 3 unspecified atom stereocenters. The number of pyridine rings is 1. The Morgan fingerprint density at radius 2 is 1.85 bits per heavy atom. The predicted molar refractivity (Wildman–Crippen MR) is 238 cm³/mol. The molecule has 0 radical (unpaired) electrons. The first-order valence-electron chi connectivity index (χ1n) is 21.5. The van der Waals surface area contributed by atoms with Crippen LogP contribution in [0.5, 0.6) is 0 Å². The van der Waals surface area contributed by atoms with Gasteiger partial charge in [0.2, 0.25) is 5.91 Å². The first-order valence-corrected chi connectivity index (χ1v) is 22.4. The van der Waals surface area contributed by atoms with Crippen molar-refractivity contribution in [1.82, 2.24) is 45.4 Å². The van der Waals surface area contributed by atoms with Crippen LogP contribution in [0.4, 0.5) is 4.79 Å². The third-order valence-electron chi connectivity index (χ3n) is 11.7. The van der Waals surface area contributed by atoms with E-state index in [2.05, 4.69) is 65.7 Å². The average molecular weight is 858 g/mol. The summed E-state index contributed by atoms with van der Waals surface area (Å²) in [6.07, 6.45) is 4.16. The number of hydrogen-bond acceptors (Lipinski definition) is 11. The van der Waals surface area contributed by atoms with Crippen molar-refractivity contribution < 1.29 is 28.7 Å². The number of hydrazine groups is 1. The average Bonchev–Trinajstić information content (AvgIpc) is 3.86. The van der Waals surface area contributed by atoms with Gasteiger partial charge in [-0.05, 0) is 68.9 Å². The summed E-state index contributed by atoms with van der Waals surface area (Å²) in [5.74, 6) is -0.812. The molecular formula is C45H63N9O6S. The van der Waals surface area contributed by atoms with Crippen LogP contribution in [0.2, 0.25) is 0 Å². The number of ether oxygens (including phenoxy) is 2. The fraction of sp³-hybridized carbons (Fsp3) is 0.556. The number of benzene rings is 1. The van der Waals surface area contributed by atoms with Crippen molar-refractivity contribution in [3.63, 3.8) is 0 Å². The van der Waals surface area contributed by atoms with E-state index in [1.807, 2.05) is 32.2 Å². The first-order chi connectivity index (χ1) is 29.3. The van der Waals surface area contributed by atoms with Gasteiger partial charge in [0.1, 0.15) is 12.1 Å². The lowest BCUT2D eigenvalue weighted by molar-refractivity contribution is -0.141. The third-order valence-corrected chi connectivity index (χ3v) is 12.6. The zero-order valence-electron chi connectivity index (χ0n) is 37.0. The largest absolute Gasteiger partial charge is 0.467 e. The van der Waals surface area contributed by atoms with E-state index in [0.29, 0.717) is 63.7 Å². The molecule has 0 aliphatic carbocycles. The van der Waals surface area contributed by atoms with Crippen molar-refractivity contribution in [3.8, 4) is 22.5 Å². The molecule has 15 nitrogen and oxygen atoms in total. The number of methoxy groups -OCH3 is 1. The highest BCUT2D eigenvalue weighted by Gasteiger charge is 2.37. The molecule has 6 rings (SSSR count). The summed E-state index contributed by atoms with van der Waals surface area (Å²) in [7, 11) is 3.35. The highest BCUT2D eigenvalue weighted by Crippen LogP contribution is 2.42. The molecule has 2 aliphatic rings. The summed E-state index contributed by atoms with van der Waals surface area (Å²) in [6.45, 7) is 17.3. The lowest BCUT2D eigenvalue weighted by Crippen LogP contribution is -2.61. The Kier molecular flexibility index (Phi) is 15.2. The number of aryl methyl sites for hydroxylation is 1. The number of thiazole rings is 1. The smallest absolute Gasteiger partial charge is 0.320 e. The number of carbonyl (C=O) groups excluding carboxylic acids is 4. The molecule has 16 heteroatoms. The van der Waals surface area contributed by atoms with E-state index in [0.717, 1.165) is 57.5 Å². The Labute approximate surface area is 363 Å². The monoisotopic (exact) mass is 857 g/mol. The van der Waals surface area contributed by atoms with Gasteiger partial charge in [0.05, 0.1) is 34.8 Å². The van der Waals surface area contributed by atoms with Crippen molar-refractivity contribution in [2.45, 2.75) is 92.0 Å². The number of likely N-dealkylation sites (N-methyl/N-ethyl adjacent to an activating group) is 1. The molecule has 4 amide bonds. The second-order valence-electron chi connectivity index (χ2n) is 17.2. The minimum Gasteiger partial charge on any atom is -0.467 e. The molecule has 5 heterocycles. The second-order valence-corrected chi connectivity index (χ2v) is 18.1. The summed E-state index contributed by atoms with van der Waals surface area (Å²) >= 11 is 1.45. The van der Waals surface area contributed by atoms with Crippen LogP contribution in [0.25, 0.3) is 33.4 Å². The minimum atomic E-state index is -0.907. The van der Waals surface area contributed by atoms with Gasteiger partial charge in [0.15, 0.2) is 0 Å². The number of amides is 4. The zero-order valence-corrected chi connectivity index (χ0v) is 37.8. The highest BCUT2D eigenvalue weighted by atomic mass is 32.1. The molecule has 0 bridgehead atoms. The number of nitrogens with one attached hydrogen (secondary N) is 3. The molecule has 3 aromatic heterocycles. The molecular weight excluding hydrogens is 795 g/mol. The van der Waals surface area contributed by atoms with E-state index in [9.17, 15) is 19.2 Å². The molecule has 0 spiro atoms. The number of fused-ring (bicyclic) bond motifs is 1. The van der Waals surface area contributed by atoms with Crippen LogP contribution >= 0.6 is 11.3 Å². The number of nitrogens with zero attached hydrogens (tertiary/aromatic N) is 6. The van der Waals surface area contributed by atoms with Crippen LogP contribution in [0.3, 0.4) is 0 Å². The fourth-order valence-corrected chi connectivity index (χ4v) is 9.45. The number of aromatic nitrogens is 3. The summed E-state index contributed by atoms with van der Waals surface area (Å²) in [5.41, 5.74) is 9.51. The zero-order chi connectivity index (χ0) is 43.8. The summed E-state index contributed by atoms with van der Waals surface area (Å²) < 4.78 is 13.4. The third kappa shape index (κ3) is 10.4. The van der Waals surface area contributed by atoms with Gasteiger partial charge in [-0.25, -0.2) is 15.2 Å². The SMILES string of the molecule is CCn1c(-c2cccnc2C(C)OC)c(CC(C)(C)COC=O)c2cc(-c3csc(CC(NC(=O)C(C(C)C)N(C)C(=O)N4CCNCC4)C(=O)N4CCCCN4)n3)ccc21. The molecule has 330 valence electrons. The molecule has 2 fully saturated rings. The summed E-state index contributed by atoms with van der Waals surface area (Å²) in [6, 6.07) is 8.52. The van der Waals surface area contributed by atoms with Crippen molar-refractivity contribution >= 4 is 46.6 Å². The van der Waals surface area contributed by atoms with Gasteiger partial charge >= 0.3 is 6.03 Å². The van der Waals surface area contributed by atoms with Gasteiger partial charge in [-0.2, -0.15) is 0 Å². The maximum absolute atomic E-state index is 14.2. The normalized spacial score (nSPS) is 16.3. The van der Waals surface area contributed by atoms with E-state index < -0.39 is 17.5 Å². The quantitative estimate of drug-likeness (QED) is 0.117. The van der Waals surface area contributed by atoms with Gasteiger partial charge in [-0.3, -0.25) is 24.4 Å². The molecule has 4 aromatic rings. The van der Waals surface area contributed by atoms with Crippen molar-refractivity contribution in [1.29, 1.82) is 0 Å². The molecule has 3 atom stereocenters. The number of carbonyl (C=O) groups is 4. The predicted octanol–water partition coefficient (Wildman–Crippen LogP) is 5.43. The van der Waals surface area contributed by atoms with Gasteiger partial charge in [0, 0.05) is 105 Å². The highest BCUT2D eigenvalue weighted by molar-refractivity contribution is 7.10. The van der Waals surface area contributed by atoms with E-state index in [4.69, 9.17) is 19.4 Å². The maximum Gasteiger partial charge on any atom is 0.320 e. The number of hydrogen-bond donors (Lipinski definition) is 3. The molecule has 3 N–H and O–H groups in total. The lowest BCUT2D eigenvalue weighted by Gasteiger charge is -2.37. The Morgan fingerprint density at radius 3 is 2.52 bits per heavy atom. The van der Waals surface area contributed by atoms with Crippen LogP contribution in [0, 0.1) is 11.3 Å². The Bertz CT molecular complexity index is 2160. The van der Waals surface area contributed by atoms with E-state index in [1.165, 1.54) is 16.2 Å². The maximum atomic E-state index is 14.2.